The van der Waals surface area contributed by atoms with Gasteiger partial charge in [0.1, 0.15) is 0 Å². The van der Waals surface area contributed by atoms with Gasteiger partial charge in [-0.25, -0.2) is 13.6 Å². The molecule has 0 aromatic heterocycles. The molecule has 0 fully saturated rings. The summed E-state index contributed by atoms with van der Waals surface area (Å²) in [5.74, 6) is -0.0761. The van der Waals surface area contributed by atoms with Crippen molar-refractivity contribution in [2.75, 3.05) is 17.6 Å². The van der Waals surface area contributed by atoms with Gasteiger partial charge in [-0.05, 0) is 40.5 Å². The monoisotopic (exact) mass is 292 g/mol. The van der Waals surface area contributed by atoms with Crippen LogP contribution in [0.15, 0.2) is 22.7 Å². The van der Waals surface area contributed by atoms with Gasteiger partial charge in [0, 0.05) is 16.7 Å². The highest BCUT2D eigenvalue weighted by Crippen LogP contribution is 2.22. The topological polar surface area (TPSA) is 72.2 Å². The number of halogens is 1. The van der Waals surface area contributed by atoms with Crippen molar-refractivity contribution >= 4 is 31.6 Å². The van der Waals surface area contributed by atoms with Crippen molar-refractivity contribution in [3.05, 3.63) is 28.2 Å². The Kier molecular flexibility index (Phi) is 4.12. The molecule has 1 aromatic carbocycles. The summed E-state index contributed by atoms with van der Waals surface area (Å²) in [7, 11) is -3.39. The van der Waals surface area contributed by atoms with E-state index in [1.54, 1.807) is 0 Å². The predicted octanol–water partition coefficient (Wildman–Crippen LogP) is 1.46. The number of benzene rings is 1. The zero-order valence-electron chi connectivity index (χ0n) is 8.33. The molecule has 4 nitrogen and oxygen atoms in total. The number of nitrogens with two attached hydrogens (primary N) is 1. The highest BCUT2D eigenvalue weighted by Gasteiger charge is 2.03. The second kappa shape index (κ2) is 4.96. The van der Waals surface area contributed by atoms with E-state index in [-0.39, 0.29) is 5.75 Å². The van der Waals surface area contributed by atoms with Crippen LogP contribution in [0.1, 0.15) is 5.56 Å². The van der Waals surface area contributed by atoms with Crippen molar-refractivity contribution in [2.24, 2.45) is 5.14 Å². The average Bonchev–Trinajstić information content (AvgIpc) is 2.07. The Labute approximate surface area is 98.0 Å². The fourth-order valence-corrected chi connectivity index (χ4v) is 2.11. The number of anilines is 1. The van der Waals surface area contributed by atoms with Crippen molar-refractivity contribution in [1.82, 2.24) is 0 Å². The minimum Gasteiger partial charge on any atom is -0.383 e. The first-order valence-corrected chi connectivity index (χ1v) is 6.90. The van der Waals surface area contributed by atoms with Crippen LogP contribution in [0.4, 0.5) is 5.69 Å². The molecule has 0 saturated heterocycles. The van der Waals surface area contributed by atoms with Crippen LogP contribution < -0.4 is 10.5 Å². The first-order valence-electron chi connectivity index (χ1n) is 4.39. The summed E-state index contributed by atoms with van der Waals surface area (Å²) in [5.41, 5.74) is 2.00. The molecule has 3 N–H and O–H groups in total. The Bertz CT molecular complexity index is 445. The van der Waals surface area contributed by atoms with Crippen LogP contribution in [0, 0.1) is 6.92 Å². The molecule has 0 bridgehead atoms. The van der Waals surface area contributed by atoms with Gasteiger partial charge >= 0.3 is 0 Å². The van der Waals surface area contributed by atoms with Gasteiger partial charge in [-0.3, -0.25) is 0 Å². The van der Waals surface area contributed by atoms with E-state index < -0.39 is 10.0 Å². The predicted molar refractivity (Wildman–Crippen MR) is 65.3 cm³/mol. The summed E-state index contributed by atoms with van der Waals surface area (Å²) in [6.45, 7) is 2.29. The molecule has 0 aliphatic rings. The standard InChI is InChI=1S/C9H13BrN2O2S/c1-7-2-3-9(8(10)6-7)12-4-5-15(11,13)14/h2-3,6,12H,4-5H2,1H3,(H2,11,13,14). The maximum absolute atomic E-state index is 10.7. The van der Waals surface area contributed by atoms with Crippen LogP contribution in [0.3, 0.4) is 0 Å². The van der Waals surface area contributed by atoms with Gasteiger partial charge in [0.2, 0.25) is 10.0 Å². The molecule has 15 heavy (non-hydrogen) atoms. The van der Waals surface area contributed by atoms with E-state index in [2.05, 4.69) is 21.2 Å². The van der Waals surface area contributed by atoms with Crippen molar-refractivity contribution in [2.45, 2.75) is 6.92 Å². The number of hydrogen-bond donors (Lipinski definition) is 2. The number of hydrogen-bond acceptors (Lipinski definition) is 3. The van der Waals surface area contributed by atoms with E-state index in [4.69, 9.17) is 5.14 Å². The molecular weight excluding hydrogens is 280 g/mol. The van der Waals surface area contributed by atoms with Crippen LogP contribution >= 0.6 is 15.9 Å². The van der Waals surface area contributed by atoms with E-state index in [9.17, 15) is 8.42 Å². The van der Waals surface area contributed by atoms with Gasteiger partial charge in [-0.1, -0.05) is 6.07 Å². The Hall–Kier alpha value is -0.590. The van der Waals surface area contributed by atoms with E-state index >= 15 is 0 Å². The Morgan fingerprint density at radius 2 is 2.13 bits per heavy atom. The lowest BCUT2D eigenvalue weighted by atomic mass is 10.2. The molecule has 0 unspecified atom stereocenters. The van der Waals surface area contributed by atoms with E-state index in [1.165, 1.54) is 0 Å². The largest absolute Gasteiger partial charge is 0.383 e. The zero-order valence-corrected chi connectivity index (χ0v) is 10.7. The van der Waals surface area contributed by atoms with E-state index in [0.717, 1.165) is 15.7 Å². The van der Waals surface area contributed by atoms with Gasteiger partial charge in [0.15, 0.2) is 0 Å². The summed E-state index contributed by atoms with van der Waals surface area (Å²) in [5, 5.41) is 7.87. The number of rotatable bonds is 4. The summed E-state index contributed by atoms with van der Waals surface area (Å²) in [6, 6.07) is 5.80. The van der Waals surface area contributed by atoms with Crippen LogP contribution in [-0.4, -0.2) is 20.7 Å². The summed E-state index contributed by atoms with van der Waals surface area (Å²) in [6.07, 6.45) is 0. The number of aryl methyl sites for hydroxylation is 1. The fourth-order valence-electron chi connectivity index (χ4n) is 1.09. The highest BCUT2D eigenvalue weighted by molar-refractivity contribution is 9.10. The van der Waals surface area contributed by atoms with Gasteiger partial charge in [0.25, 0.3) is 0 Å². The zero-order chi connectivity index (χ0) is 11.5. The Balaban J connectivity index is 2.59. The SMILES string of the molecule is Cc1ccc(NCCS(N)(=O)=O)c(Br)c1. The third-order valence-corrected chi connectivity index (χ3v) is 3.26. The van der Waals surface area contributed by atoms with Crippen LogP contribution in [0.5, 0.6) is 0 Å². The van der Waals surface area contributed by atoms with Crippen LogP contribution in [-0.2, 0) is 10.0 Å². The van der Waals surface area contributed by atoms with E-state index in [0.29, 0.717) is 6.54 Å². The Morgan fingerprint density at radius 3 is 2.67 bits per heavy atom. The lowest BCUT2D eigenvalue weighted by Gasteiger charge is -2.08. The van der Waals surface area contributed by atoms with Gasteiger partial charge in [-0.15, -0.1) is 0 Å². The van der Waals surface area contributed by atoms with Crippen molar-refractivity contribution < 1.29 is 8.42 Å². The molecule has 0 saturated carbocycles. The minimum absolute atomic E-state index is 0.0761. The van der Waals surface area contributed by atoms with Gasteiger partial charge in [-0.2, -0.15) is 0 Å². The molecule has 84 valence electrons. The average molecular weight is 293 g/mol. The molecule has 1 aromatic rings. The van der Waals surface area contributed by atoms with Crippen molar-refractivity contribution in [3.8, 4) is 0 Å². The van der Waals surface area contributed by atoms with Gasteiger partial charge in [0.05, 0.1) is 5.75 Å². The second-order valence-electron chi connectivity index (χ2n) is 3.28. The number of primary sulfonamides is 1. The van der Waals surface area contributed by atoms with Gasteiger partial charge < -0.3 is 5.32 Å². The molecule has 0 amide bonds. The first-order chi connectivity index (χ1) is 6.88. The first kappa shape index (κ1) is 12.5. The molecule has 6 heteroatoms. The maximum Gasteiger partial charge on any atom is 0.210 e. The minimum atomic E-state index is -3.39. The lowest BCUT2D eigenvalue weighted by molar-refractivity contribution is 0.598. The molecule has 0 aliphatic carbocycles. The molecule has 0 heterocycles. The Morgan fingerprint density at radius 1 is 1.47 bits per heavy atom. The summed E-state index contributed by atoms with van der Waals surface area (Å²) in [4.78, 5) is 0. The third-order valence-electron chi connectivity index (χ3n) is 1.83. The van der Waals surface area contributed by atoms with Crippen LogP contribution in [0.2, 0.25) is 0 Å². The highest BCUT2D eigenvalue weighted by atomic mass is 79.9. The van der Waals surface area contributed by atoms with Crippen molar-refractivity contribution in [3.63, 3.8) is 0 Å². The fraction of sp³-hybridized carbons (Fsp3) is 0.333. The molecule has 0 spiro atoms. The third kappa shape index (κ3) is 4.63. The smallest absolute Gasteiger partial charge is 0.210 e. The second-order valence-corrected chi connectivity index (χ2v) is 5.87. The lowest BCUT2D eigenvalue weighted by Crippen LogP contribution is -2.22. The summed E-state index contributed by atoms with van der Waals surface area (Å²) < 4.78 is 22.3. The molecule has 0 aliphatic heterocycles. The summed E-state index contributed by atoms with van der Waals surface area (Å²) >= 11 is 3.38. The number of nitrogens with one attached hydrogen (secondary N) is 1. The quantitative estimate of drug-likeness (QED) is 0.882. The number of sulfonamides is 1. The van der Waals surface area contributed by atoms with Crippen LogP contribution in [0.25, 0.3) is 0 Å². The normalized spacial score (nSPS) is 11.4. The molecular formula is C9H13BrN2O2S. The van der Waals surface area contributed by atoms with E-state index in [1.807, 2.05) is 25.1 Å². The van der Waals surface area contributed by atoms with Crippen molar-refractivity contribution in [1.29, 1.82) is 0 Å². The maximum atomic E-state index is 10.7. The molecule has 0 atom stereocenters. The molecule has 1 rings (SSSR count). The molecule has 0 radical (unpaired) electrons.